The van der Waals surface area contributed by atoms with Crippen molar-refractivity contribution in [2.45, 2.75) is 55.4 Å². The molecule has 0 bridgehead atoms. The molecule has 2 fully saturated rings. The van der Waals surface area contributed by atoms with Crippen LogP contribution in [0.3, 0.4) is 0 Å². The van der Waals surface area contributed by atoms with Crippen LogP contribution in [0.1, 0.15) is 44.6 Å². The molecule has 1 aliphatic carbocycles. The van der Waals surface area contributed by atoms with Gasteiger partial charge in [0.25, 0.3) is 0 Å². The van der Waals surface area contributed by atoms with Gasteiger partial charge in [0.15, 0.2) is 5.82 Å². The smallest absolute Gasteiger partial charge is 0.229 e. The van der Waals surface area contributed by atoms with Gasteiger partial charge in [0.1, 0.15) is 16.6 Å². The molecular formula is C25H31ClFN7O3S. The summed E-state index contributed by atoms with van der Waals surface area (Å²) in [6.45, 7) is 4.90. The van der Waals surface area contributed by atoms with E-state index in [0.717, 1.165) is 32.4 Å². The minimum atomic E-state index is -3.67. The third-order valence-corrected chi connectivity index (χ3v) is 9.04. The van der Waals surface area contributed by atoms with E-state index in [1.165, 1.54) is 23.1 Å². The predicted molar refractivity (Wildman–Crippen MR) is 144 cm³/mol. The first-order valence-electron chi connectivity index (χ1n) is 12.5. The molecule has 1 atom stereocenters. The first-order chi connectivity index (χ1) is 18.0. The van der Waals surface area contributed by atoms with Crippen LogP contribution in [0.25, 0.3) is 0 Å². The lowest BCUT2D eigenvalue weighted by atomic mass is 9.97. The monoisotopic (exact) mass is 563 g/mol. The number of ether oxygens (including phenoxy) is 1. The van der Waals surface area contributed by atoms with Gasteiger partial charge in [-0.3, -0.25) is 4.68 Å². The second-order valence-corrected chi connectivity index (χ2v) is 13.0. The summed E-state index contributed by atoms with van der Waals surface area (Å²) in [7, 11) is -0.00621. The highest BCUT2D eigenvalue weighted by Gasteiger charge is 2.30. The van der Waals surface area contributed by atoms with E-state index >= 15 is 4.39 Å². The third kappa shape index (κ3) is 5.57. The fourth-order valence-electron chi connectivity index (χ4n) is 4.38. The van der Waals surface area contributed by atoms with E-state index in [2.05, 4.69) is 30.6 Å². The lowest BCUT2D eigenvalue weighted by Crippen LogP contribution is -2.16. The standard InChI is InChI=1S/C25H31ClFN7O3S/c1-14(2)38(35,36)24-21(13-34(4)32-24)29-23-18(26)11-28-25(31-23)30-20-10-19(27)17(15-7-8-33(3)12-15)9-22(20)37-16-5-6-16/h9-11,13-16H,5-8,12H2,1-4H3,(H2,28,29,30,31). The van der Waals surface area contributed by atoms with E-state index in [1.807, 2.05) is 7.05 Å². The van der Waals surface area contributed by atoms with Gasteiger partial charge in [-0.2, -0.15) is 10.1 Å². The summed E-state index contributed by atoms with van der Waals surface area (Å²) in [5.41, 5.74) is 1.29. The van der Waals surface area contributed by atoms with Crippen LogP contribution in [0, 0.1) is 5.82 Å². The molecule has 10 nitrogen and oxygen atoms in total. The molecule has 0 radical (unpaired) electrons. The van der Waals surface area contributed by atoms with E-state index < -0.39 is 15.1 Å². The molecule has 3 aromatic rings. The number of hydrogen-bond donors (Lipinski definition) is 2. The molecule has 1 unspecified atom stereocenters. The summed E-state index contributed by atoms with van der Waals surface area (Å²) in [4.78, 5) is 10.9. The molecule has 1 aromatic carbocycles. The average Bonchev–Trinajstić information content (AvgIpc) is 3.44. The van der Waals surface area contributed by atoms with Gasteiger partial charge in [-0.05, 0) is 58.3 Å². The van der Waals surface area contributed by atoms with Crippen LogP contribution in [0.2, 0.25) is 5.02 Å². The van der Waals surface area contributed by atoms with Crippen molar-refractivity contribution in [3.05, 3.63) is 40.9 Å². The van der Waals surface area contributed by atoms with Crippen LogP contribution < -0.4 is 15.4 Å². The Morgan fingerprint density at radius 1 is 1.16 bits per heavy atom. The first kappa shape index (κ1) is 26.6. The summed E-state index contributed by atoms with van der Waals surface area (Å²) >= 11 is 6.34. The van der Waals surface area contributed by atoms with E-state index in [4.69, 9.17) is 16.3 Å². The van der Waals surface area contributed by atoms with Crippen molar-refractivity contribution in [3.63, 3.8) is 0 Å². The van der Waals surface area contributed by atoms with Gasteiger partial charge in [-0.25, -0.2) is 17.8 Å². The van der Waals surface area contributed by atoms with E-state index in [1.54, 1.807) is 27.0 Å². The highest BCUT2D eigenvalue weighted by molar-refractivity contribution is 7.92. The van der Waals surface area contributed by atoms with Gasteiger partial charge < -0.3 is 20.3 Å². The zero-order chi connectivity index (χ0) is 27.2. The van der Waals surface area contributed by atoms with Gasteiger partial charge in [-0.1, -0.05) is 11.6 Å². The van der Waals surface area contributed by atoms with Crippen LogP contribution in [0.4, 0.5) is 27.5 Å². The van der Waals surface area contributed by atoms with Crippen molar-refractivity contribution in [2.75, 3.05) is 30.8 Å². The molecule has 5 rings (SSSR count). The van der Waals surface area contributed by atoms with Crippen molar-refractivity contribution in [2.24, 2.45) is 7.05 Å². The normalized spacial score (nSPS) is 18.2. The molecule has 1 saturated carbocycles. The Morgan fingerprint density at radius 3 is 2.58 bits per heavy atom. The number of anilines is 4. The maximum atomic E-state index is 15.3. The maximum absolute atomic E-state index is 15.3. The SMILES string of the molecule is CC(C)S(=O)(=O)c1nn(C)cc1Nc1nc(Nc2cc(F)c(C3CCN(C)C3)cc2OC2CC2)ncc1Cl. The maximum Gasteiger partial charge on any atom is 0.229 e. The van der Waals surface area contributed by atoms with Gasteiger partial charge in [-0.15, -0.1) is 0 Å². The van der Waals surface area contributed by atoms with E-state index in [9.17, 15) is 8.42 Å². The topological polar surface area (TPSA) is 114 Å². The molecule has 2 aromatic heterocycles. The number of nitrogens with zero attached hydrogens (tertiary/aromatic N) is 5. The van der Waals surface area contributed by atoms with Crippen LogP contribution >= 0.6 is 11.6 Å². The van der Waals surface area contributed by atoms with Crippen LogP contribution in [0.15, 0.2) is 29.6 Å². The van der Waals surface area contributed by atoms with Gasteiger partial charge in [0.2, 0.25) is 20.8 Å². The lowest BCUT2D eigenvalue weighted by Gasteiger charge is -2.18. The molecule has 0 spiro atoms. The molecule has 1 aliphatic heterocycles. The number of hydrogen-bond acceptors (Lipinski definition) is 9. The fraction of sp³-hybridized carbons (Fsp3) is 0.480. The zero-order valence-electron chi connectivity index (χ0n) is 21.7. The number of aryl methyl sites for hydroxylation is 1. The lowest BCUT2D eigenvalue weighted by molar-refractivity contribution is 0.303. The van der Waals surface area contributed by atoms with Crippen molar-refractivity contribution in [1.29, 1.82) is 0 Å². The molecular weight excluding hydrogens is 533 g/mol. The molecule has 1 saturated heterocycles. The van der Waals surface area contributed by atoms with Crippen LogP contribution in [0.5, 0.6) is 5.75 Å². The summed E-state index contributed by atoms with van der Waals surface area (Å²) in [5.74, 6) is 0.649. The molecule has 204 valence electrons. The Hall–Kier alpha value is -2.96. The first-order valence-corrected chi connectivity index (χ1v) is 14.5. The van der Waals surface area contributed by atoms with Gasteiger partial charge in [0.05, 0.1) is 28.9 Å². The molecule has 38 heavy (non-hydrogen) atoms. The van der Waals surface area contributed by atoms with Crippen molar-refractivity contribution in [1.82, 2.24) is 24.6 Å². The Kier molecular flexibility index (Phi) is 7.23. The average molecular weight is 564 g/mol. The quantitative estimate of drug-likeness (QED) is 0.384. The minimum Gasteiger partial charge on any atom is -0.488 e. The highest BCUT2D eigenvalue weighted by atomic mass is 35.5. The number of benzene rings is 1. The summed E-state index contributed by atoms with van der Waals surface area (Å²) < 4.78 is 48.4. The van der Waals surface area contributed by atoms with E-state index in [-0.39, 0.29) is 45.3 Å². The Balaban J connectivity index is 1.44. The third-order valence-electron chi connectivity index (χ3n) is 6.68. The number of likely N-dealkylation sites (tertiary alicyclic amines) is 1. The van der Waals surface area contributed by atoms with Gasteiger partial charge >= 0.3 is 0 Å². The van der Waals surface area contributed by atoms with Crippen LogP contribution in [-0.2, 0) is 16.9 Å². The van der Waals surface area contributed by atoms with Crippen molar-refractivity contribution >= 4 is 44.6 Å². The number of nitrogens with one attached hydrogen (secondary N) is 2. The molecule has 13 heteroatoms. The zero-order valence-corrected chi connectivity index (χ0v) is 23.3. The van der Waals surface area contributed by atoms with Crippen molar-refractivity contribution in [3.8, 4) is 5.75 Å². The summed E-state index contributed by atoms with van der Waals surface area (Å²) in [5, 5.41) is 9.56. The number of halogens is 2. The molecule has 2 N–H and O–H groups in total. The largest absolute Gasteiger partial charge is 0.488 e. The van der Waals surface area contributed by atoms with E-state index in [0.29, 0.717) is 17.0 Å². The highest BCUT2D eigenvalue weighted by Crippen LogP contribution is 2.39. The van der Waals surface area contributed by atoms with Gasteiger partial charge in [0, 0.05) is 31.8 Å². The second-order valence-electron chi connectivity index (χ2n) is 10.2. The summed E-state index contributed by atoms with van der Waals surface area (Å²) in [6, 6.07) is 3.21. The Labute approximate surface area is 226 Å². The second kappa shape index (κ2) is 10.3. The van der Waals surface area contributed by atoms with Crippen LogP contribution in [-0.4, -0.2) is 64.6 Å². The predicted octanol–water partition coefficient (Wildman–Crippen LogP) is 4.63. The number of sulfone groups is 1. The Morgan fingerprint density at radius 2 is 1.92 bits per heavy atom. The molecule has 0 amide bonds. The number of likely N-dealkylation sites (N-methyl/N-ethyl adjacent to an activating group) is 1. The number of rotatable bonds is 9. The number of aromatic nitrogens is 4. The fourth-order valence-corrected chi connectivity index (χ4v) is 5.62. The summed E-state index contributed by atoms with van der Waals surface area (Å²) in [6.07, 6.45) is 5.83. The van der Waals surface area contributed by atoms with Crippen molar-refractivity contribution < 1.29 is 17.5 Å². The minimum absolute atomic E-state index is 0.102. The molecule has 2 aliphatic rings. The molecule has 3 heterocycles. The Bertz CT molecular complexity index is 1460.